The first kappa shape index (κ1) is 15.5. The molecule has 0 aliphatic carbocycles. The van der Waals surface area contributed by atoms with Gasteiger partial charge in [-0.3, -0.25) is 4.79 Å². The van der Waals surface area contributed by atoms with Crippen molar-refractivity contribution in [2.75, 3.05) is 5.32 Å². The molecule has 0 aromatic heterocycles. The summed E-state index contributed by atoms with van der Waals surface area (Å²) in [5.41, 5.74) is 8.27. The molecule has 0 aliphatic rings. The monoisotopic (exact) mass is 327 g/mol. The minimum Gasteiger partial charge on any atom is -0.409 e. The normalized spacial score (nSPS) is 13.2. The van der Waals surface area contributed by atoms with Crippen LogP contribution in [0.2, 0.25) is 0 Å². The molecule has 1 atom stereocenters. The zero-order valence-electron chi connectivity index (χ0n) is 11.2. The van der Waals surface area contributed by atoms with E-state index in [9.17, 15) is 4.79 Å². The first-order chi connectivity index (χ1) is 8.90. The van der Waals surface area contributed by atoms with E-state index in [-0.39, 0.29) is 11.7 Å². The summed E-state index contributed by atoms with van der Waals surface area (Å²) < 4.78 is 0.813. The number of nitrogens with one attached hydrogen (secondary N) is 1. The molecular weight excluding hydrogens is 310 g/mol. The van der Waals surface area contributed by atoms with Crippen LogP contribution in [0.4, 0.5) is 5.69 Å². The van der Waals surface area contributed by atoms with Crippen LogP contribution in [0.25, 0.3) is 0 Å². The van der Waals surface area contributed by atoms with Gasteiger partial charge in [-0.25, -0.2) is 0 Å². The summed E-state index contributed by atoms with van der Waals surface area (Å²) in [5, 5.41) is 14.4. The Hall–Kier alpha value is -1.56. The number of nitrogens with zero attached hydrogens (tertiary/aromatic N) is 1. The smallest absolute Gasteiger partial charge is 0.235 e. The Morgan fingerprint density at radius 2 is 2.16 bits per heavy atom. The molecule has 1 amide bonds. The maximum atomic E-state index is 12.1. The highest BCUT2D eigenvalue weighted by molar-refractivity contribution is 9.10. The van der Waals surface area contributed by atoms with E-state index in [1.807, 2.05) is 26.0 Å². The maximum Gasteiger partial charge on any atom is 0.235 e. The number of aryl methyl sites for hydroxylation is 2. The van der Waals surface area contributed by atoms with E-state index in [4.69, 9.17) is 10.9 Å². The van der Waals surface area contributed by atoms with Crippen molar-refractivity contribution in [3.63, 3.8) is 0 Å². The second-order valence-corrected chi connectivity index (χ2v) is 5.27. The van der Waals surface area contributed by atoms with E-state index in [2.05, 4.69) is 26.4 Å². The number of rotatable bonds is 4. The van der Waals surface area contributed by atoms with Crippen molar-refractivity contribution in [3.05, 3.63) is 27.7 Å². The summed E-state index contributed by atoms with van der Waals surface area (Å²) in [7, 11) is 0. The van der Waals surface area contributed by atoms with Gasteiger partial charge in [0.15, 0.2) is 5.84 Å². The Balaban J connectivity index is 3.00. The summed E-state index contributed by atoms with van der Waals surface area (Å²) >= 11 is 3.43. The molecule has 0 saturated heterocycles. The van der Waals surface area contributed by atoms with Crippen LogP contribution in [-0.2, 0) is 4.79 Å². The number of hydrogen-bond donors (Lipinski definition) is 3. The van der Waals surface area contributed by atoms with E-state index >= 15 is 0 Å². The Bertz CT molecular complexity index is 492. The molecular formula is C13H18BrN3O2. The quantitative estimate of drug-likeness (QED) is 0.344. The van der Waals surface area contributed by atoms with E-state index in [0.29, 0.717) is 12.1 Å². The average molecular weight is 328 g/mol. The lowest BCUT2D eigenvalue weighted by Gasteiger charge is -2.16. The largest absolute Gasteiger partial charge is 0.409 e. The molecule has 0 saturated carbocycles. The second-order valence-electron chi connectivity index (χ2n) is 4.41. The minimum atomic E-state index is -0.641. The fourth-order valence-corrected chi connectivity index (χ4v) is 2.66. The van der Waals surface area contributed by atoms with Crippen LogP contribution in [0.5, 0.6) is 0 Å². The molecule has 5 nitrogen and oxygen atoms in total. The lowest BCUT2D eigenvalue weighted by atomic mass is 10.0. The molecule has 0 bridgehead atoms. The van der Waals surface area contributed by atoms with Gasteiger partial charge in [0, 0.05) is 4.47 Å². The molecule has 6 heteroatoms. The molecule has 0 spiro atoms. The highest BCUT2D eigenvalue weighted by Gasteiger charge is 2.22. The van der Waals surface area contributed by atoms with Crippen LogP contribution in [-0.4, -0.2) is 17.0 Å². The summed E-state index contributed by atoms with van der Waals surface area (Å²) in [5.74, 6) is -1.01. The molecule has 4 N–H and O–H groups in total. The Labute approximate surface area is 121 Å². The van der Waals surface area contributed by atoms with E-state index in [1.165, 1.54) is 0 Å². The number of hydrogen-bond acceptors (Lipinski definition) is 3. The molecule has 0 fully saturated rings. The molecule has 1 aromatic rings. The third-order valence-electron chi connectivity index (χ3n) is 2.88. The molecule has 19 heavy (non-hydrogen) atoms. The van der Waals surface area contributed by atoms with E-state index < -0.39 is 5.92 Å². The van der Waals surface area contributed by atoms with Crippen LogP contribution in [0.1, 0.15) is 24.5 Å². The molecule has 1 unspecified atom stereocenters. The lowest BCUT2D eigenvalue weighted by Crippen LogP contribution is -2.34. The third-order valence-corrected chi connectivity index (χ3v) is 3.50. The number of halogens is 1. The van der Waals surface area contributed by atoms with Crippen molar-refractivity contribution in [2.24, 2.45) is 16.8 Å². The van der Waals surface area contributed by atoms with Crippen LogP contribution in [0.3, 0.4) is 0 Å². The maximum absolute atomic E-state index is 12.1. The molecule has 0 radical (unpaired) electrons. The number of amides is 1. The van der Waals surface area contributed by atoms with Crippen molar-refractivity contribution < 1.29 is 10.0 Å². The number of anilines is 1. The van der Waals surface area contributed by atoms with Gasteiger partial charge in [0.1, 0.15) is 0 Å². The molecule has 0 aliphatic heterocycles. The van der Waals surface area contributed by atoms with Crippen LogP contribution in [0.15, 0.2) is 21.8 Å². The van der Waals surface area contributed by atoms with Crippen LogP contribution in [0, 0.1) is 19.8 Å². The average Bonchev–Trinajstić information content (AvgIpc) is 2.34. The number of amidine groups is 1. The Kier molecular flexibility index (Phi) is 5.35. The highest BCUT2D eigenvalue weighted by atomic mass is 79.9. The zero-order valence-corrected chi connectivity index (χ0v) is 12.8. The van der Waals surface area contributed by atoms with E-state index in [0.717, 1.165) is 15.6 Å². The fourth-order valence-electron chi connectivity index (χ4n) is 1.88. The summed E-state index contributed by atoms with van der Waals surface area (Å²) in [4.78, 5) is 12.1. The van der Waals surface area contributed by atoms with Gasteiger partial charge in [0.25, 0.3) is 0 Å². The summed E-state index contributed by atoms with van der Waals surface area (Å²) in [6.45, 7) is 5.70. The Morgan fingerprint density at radius 3 is 2.63 bits per heavy atom. The van der Waals surface area contributed by atoms with Crippen LogP contribution >= 0.6 is 15.9 Å². The molecule has 104 valence electrons. The van der Waals surface area contributed by atoms with Crippen molar-refractivity contribution in [2.45, 2.75) is 27.2 Å². The first-order valence-electron chi connectivity index (χ1n) is 5.95. The lowest BCUT2D eigenvalue weighted by molar-refractivity contribution is -0.118. The predicted molar refractivity (Wildman–Crippen MR) is 79.4 cm³/mol. The standard InChI is InChI=1S/C13H18BrN3O2/c1-4-9(12(15)17-19)13(18)16-11-8(3)5-7(2)6-10(11)14/h5-6,9,19H,4H2,1-3H3,(H2,15,17)(H,16,18). The Morgan fingerprint density at radius 1 is 1.53 bits per heavy atom. The summed E-state index contributed by atoms with van der Waals surface area (Å²) in [6, 6.07) is 3.90. The SMILES string of the molecule is CCC(C(=O)Nc1c(C)cc(C)cc1Br)C(N)=NO. The van der Waals surface area contributed by atoms with Crippen molar-refractivity contribution >= 4 is 33.4 Å². The van der Waals surface area contributed by atoms with Crippen molar-refractivity contribution in [3.8, 4) is 0 Å². The van der Waals surface area contributed by atoms with Gasteiger partial charge in [-0.1, -0.05) is 18.1 Å². The number of nitrogens with two attached hydrogens (primary N) is 1. The van der Waals surface area contributed by atoms with Gasteiger partial charge >= 0.3 is 0 Å². The molecule has 1 rings (SSSR count). The van der Waals surface area contributed by atoms with Gasteiger partial charge in [-0.15, -0.1) is 0 Å². The van der Waals surface area contributed by atoms with Gasteiger partial charge < -0.3 is 16.3 Å². The highest BCUT2D eigenvalue weighted by Crippen LogP contribution is 2.28. The van der Waals surface area contributed by atoms with Gasteiger partial charge in [-0.2, -0.15) is 0 Å². The van der Waals surface area contributed by atoms with Crippen LogP contribution < -0.4 is 11.1 Å². The van der Waals surface area contributed by atoms with Gasteiger partial charge in [-0.05, 0) is 53.4 Å². The third kappa shape index (κ3) is 3.70. The minimum absolute atomic E-state index is 0.0825. The number of oxime groups is 1. The predicted octanol–water partition coefficient (Wildman–Crippen LogP) is 2.78. The zero-order chi connectivity index (χ0) is 14.6. The number of benzene rings is 1. The topological polar surface area (TPSA) is 87.7 Å². The van der Waals surface area contributed by atoms with E-state index in [1.54, 1.807) is 6.92 Å². The van der Waals surface area contributed by atoms with Crippen molar-refractivity contribution in [1.82, 2.24) is 0 Å². The van der Waals surface area contributed by atoms with Gasteiger partial charge in [0.2, 0.25) is 5.91 Å². The summed E-state index contributed by atoms with van der Waals surface area (Å²) in [6.07, 6.45) is 0.463. The number of carbonyl (C=O) groups excluding carboxylic acids is 1. The number of carbonyl (C=O) groups is 1. The second kappa shape index (κ2) is 6.56. The molecule has 1 aromatic carbocycles. The van der Waals surface area contributed by atoms with Crippen molar-refractivity contribution in [1.29, 1.82) is 0 Å². The van der Waals surface area contributed by atoms with Gasteiger partial charge in [0.05, 0.1) is 11.6 Å². The fraction of sp³-hybridized carbons (Fsp3) is 0.385. The molecule has 0 heterocycles. The first-order valence-corrected chi connectivity index (χ1v) is 6.75.